The number of hydrogen-bond acceptors (Lipinski definition) is 5. The third-order valence-corrected chi connectivity index (χ3v) is 4.82. The van der Waals surface area contributed by atoms with E-state index in [2.05, 4.69) is 4.72 Å². The smallest absolute Gasteiger partial charge is 0.416 e. The minimum Gasteiger partial charge on any atom is -0.497 e. The number of ether oxygens (including phenoxy) is 3. The van der Waals surface area contributed by atoms with Crippen LogP contribution >= 0.6 is 0 Å². The molecule has 0 aromatic heterocycles. The Bertz CT molecular complexity index is 897. The third-order valence-electron chi connectivity index (χ3n) is 3.43. The molecule has 142 valence electrons. The summed E-state index contributed by atoms with van der Waals surface area (Å²) in [7, 11) is -0.453. The number of benzene rings is 2. The van der Waals surface area contributed by atoms with Crippen LogP contribution in [0.15, 0.2) is 41.3 Å². The van der Waals surface area contributed by atoms with Crippen LogP contribution in [0.1, 0.15) is 5.56 Å². The van der Waals surface area contributed by atoms with E-state index in [0.29, 0.717) is 6.07 Å². The second kappa shape index (κ2) is 7.32. The highest BCUT2D eigenvalue weighted by molar-refractivity contribution is 7.92. The molecular formula is C16H16F3NO5S. The van der Waals surface area contributed by atoms with Gasteiger partial charge in [-0.05, 0) is 30.3 Å². The van der Waals surface area contributed by atoms with E-state index in [-0.39, 0.29) is 27.8 Å². The zero-order valence-corrected chi connectivity index (χ0v) is 14.9. The van der Waals surface area contributed by atoms with Gasteiger partial charge in [0, 0.05) is 6.07 Å². The predicted molar refractivity (Wildman–Crippen MR) is 88.4 cm³/mol. The van der Waals surface area contributed by atoms with E-state index < -0.39 is 21.8 Å². The van der Waals surface area contributed by atoms with E-state index in [9.17, 15) is 21.6 Å². The number of hydrogen-bond donors (Lipinski definition) is 1. The van der Waals surface area contributed by atoms with Crippen molar-refractivity contribution in [2.75, 3.05) is 26.1 Å². The van der Waals surface area contributed by atoms with Gasteiger partial charge in [0.2, 0.25) is 0 Å². The molecule has 26 heavy (non-hydrogen) atoms. The molecule has 2 rings (SSSR count). The van der Waals surface area contributed by atoms with E-state index in [0.717, 1.165) is 12.1 Å². The van der Waals surface area contributed by atoms with E-state index >= 15 is 0 Å². The SMILES string of the molecule is COc1ccc(OC)c(S(=O)(=O)Nc2cc(C(F)(F)F)ccc2OC)c1. The van der Waals surface area contributed by atoms with Crippen LogP contribution in [0.4, 0.5) is 18.9 Å². The minimum atomic E-state index is -4.64. The van der Waals surface area contributed by atoms with Gasteiger partial charge in [0.05, 0.1) is 32.6 Å². The lowest BCUT2D eigenvalue weighted by Gasteiger charge is -2.16. The van der Waals surface area contributed by atoms with Gasteiger partial charge in [0.1, 0.15) is 22.1 Å². The van der Waals surface area contributed by atoms with E-state index in [4.69, 9.17) is 14.2 Å². The summed E-state index contributed by atoms with van der Waals surface area (Å²) in [5.74, 6) is 0.176. The van der Waals surface area contributed by atoms with Gasteiger partial charge in [-0.15, -0.1) is 0 Å². The Kier molecular flexibility index (Phi) is 5.55. The van der Waals surface area contributed by atoms with Crippen molar-refractivity contribution in [3.05, 3.63) is 42.0 Å². The molecule has 0 fully saturated rings. The quantitative estimate of drug-likeness (QED) is 0.816. The Balaban J connectivity index is 2.53. The van der Waals surface area contributed by atoms with Crippen molar-refractivity contribution in [2.45, 2.75) is 11.1 Å². The first-order valence-electron chi connectivity index (χ1n) is 7.12. The van der Waals surface area contributed by atoms with Gasteiger partial charge in [-0.2, -0.15) is 13.2 Å². The summed E-state index contributed by atoms with van der Waals surface area (Å²) < 4.78 is 81.2. The molecule has 0 heterocycles. The Morgan fingerprint density at radius 3 is 2.04 bits per heavy atom. The summed E-state index contributed by atoms with van der Waals surface area (Å²) in [6, 6.07) is 6.54. The fraction of sp³-hybridized carbons (Fsp3) is 0.250. The Morgan fingerprint density at radius 2 is 1.50 bits per heavy atom. The minimum absolute atomic E-state index is 0.00393. The molecule has 0 saturated heterocycles. The van der Waals surface area contributed by atoms with Gasteiger partial charge >= 0.3 is 6.18 Å². The molecule has 0 unspecified atom stereocenters. The van der Waals surface area contributed by atoms with E-state index in [1.54, 1.807) is 0 Å². The summed E-state index contributed by atoms with van der Waals surface area (Å²) in [5, 5.41) is 0. The van der Waals surface area contributed by atoms with Crippen molar-refractivity contribution >= 4 is 15.7 Å². The van der Waals surface area contributed by atoms with Gasteiger partial charge in [-0.3, -0.25) is 4.72 Å². The summed E-state index contributed by atoms with van der Waals surface area (Å²) in [6.07, 6.45) is -4.64. The largest absolute Gasteiger partial charge is 0.497 e. The fourth-order valence-electron chi connectivity index (χ4n) is 2.16. The maximum Gasteiger partial charge on any atom is 0.416 e. The highest BCUT2D eigenvalue weighted by atomic mass is 32.2. The van der Waals surface area contributed by atoms with Crippen LogP contribution in [0.3, 0.4) is 0 Å². The number of halogens is 3. The van der Waals surface area contributed by atoms with Gasteiger partial charge in [-0.1, -0.05) is 0 Å². The summed E-state index contributed by atoms with van der Waals surface area (Å²) in [4.78, 5) is -0.293. The van der Waals surface area contributed by atoms with Crippen LogP contribution in [0.5, 0.6) is 17.2 Å². The molecule has 0 aliphatic rings. The molecule has 0 aliphatic heterocycles. The molecule has 6 nitrogen and oxygen atoms in total. The van der Waals surface area contributed by atoms with Gasteiger partial charge in [0.15, 0.2) is 0 Å². The van der Waals surface area contributed by atoms with Crippen molar-refractivity contribution < 1.29 is 35.8 Å². The number of methoxy groups -OCH3 is 3. The average molecular weight is 391 g/mol. The first-order chi connectivity index (χ1) is 12.1. The van der Waals surface area contributed by atoms with Crippen LogP contribution in [0.2, 0.25) is 0 Å². The zero-order valence-electron chi connectivity index (χ0n) is 14.0. The monoisotopic (exact) mass is 391 g/mol. The number of rotatable bonds is 6. The van der Waals surface area contributed by atoms with Gasteiger partial charge < -0.3 is 14.2 Å². The molecule has 0 aliphatic carbocycles. The molecule has 0 radical (unpaired) electrons. The third kappa shape index (κ3) is 4.13. The lowest BCUT2D eigenvalue weighted by atomic mass is 10.2. The van der Waals surface area contributed by atoms with Crippen molar-refractivity contribution in [1.82, 2.24) is 0 Å². The van der Waals surface area contributed by atoms with Crippen molar-refractivity contribution in [1.29, 1.82) is 0 Å². The number of sulfonamides is 1. The standard InChI is InChI=1S/C16H16F3NO5S/c1-23-11-5-7-14(25-3)15(9-11)26(21,22)20-12-8-10(16(17,18)19)4-6-13(12)24-2/h4-9,20H,1-3H3. The molecule has 0 amide bonds. The molecular weight excluding hydrogens is 375 g/mol. The maximum absolute atomic E-state index is 12.9. The topological polar surface area (TPSA) is 73.9 Å². The molecule has 1 N–H and O–H groups in total. The summed E-state index contributed by atoms with van der Waals surface area (Å²) in [6.45, 7) is 0. The predicted octanol–water partition coefficient (Wildman–Crippen LogP) is 3.53. The van der Waals surface area contributed by atoms with Crippen molar-refractivity contribution in [3.8, 4) is 17.2 Å². The van der Waals surface area contributed by atoms with Crippen LogP contribution in [0.25, 0.3) is 0 Å². The first kappa shape index (κ1) is 19.7. The number of anilines is 1. The van der Waals surface area contributed by atoms with Gasteiger partial charge in [-0.25, -0.2) is 8.42 Å². The zero-order chi connectivity index (χ0) is 19.5. The van der Waals surface area contributed by atoms with E-state index in [1.807, 2.05) is 0 Å². The molecule has 0 saturated carbocycles. The number of alkyl halides is 3. The summed E-state index contributed by atoms with van der Waals surface area (Å²) in [5.41, 5.74) is -1.37. The highest BCUT2D eigenvalue weighted by Gasteiger charge is 2.32. The molecule has 0 bridgehead atoms. The normalized spacial score (nSPS) is 11.8. The number of nitrogens with one attached hydrogen (secondary N) is 1. The van der Waals surface area contributed by atoms with Crippen LogP contribution in [0, 0.1) is 0 Å². The fourth-order valence-corrected chi connectivity index (χ4v) is 3.40. The summed E-state index contributed by atoms with van der Waals surface area (Å²) >= 11 is 0. The van der Waals surface area contributed by atoms with Crippen LogP contribution in [-0.2, 0) is 16.2 Å². The lowest BCUT2D eigenvalue weighted by Crippen LogP contribution is -2.16. The first-order valence-corrected chi connectivity index (χ1v) is 8.60. The average Bonchev–Trinajstić information content (AvgIpc) is 2.60. The molecule has 0 spiro atoms. The van der Waals surface area contributed by atoms with Crippen LogP contribution in [-0.4, -0.2) is 29.7 Å². The highest BCUT2D eigenvalue weighted by Crippen LogP contribution is 2.37. The van der Waals surface area contributed by atoms with Crippen molar-refractivity contribution in [2.24, 2.45) is 0 Å². The Hall–Kier alpha value is -2.62. The van der Waals surface area contributed by atoms with E-state index in [1.165, 1.54) is 39.5 Å². The van der Waals surface area contributed by atoms with Crippen LogP contribution < -0.4 is 18.9 Å². The molecule has 2 aromatic carbocycles. The van der Waals surface area contributed by atoms with Gasteiger partial charge in [0.25, 0.3) is 10.0 Å². The molecule has 0 atom stereocenters. The second-order valence-corrected chi connectivity index (χ2v) is 6.69. The molecule has 2 aromatic rings. The lowest BCUT2D eigenvalue weighted by molar-refractivity contribution is -0.137. The Labute approximate surface area is 148 Å². The second-order valence-electron chi connectivity index (χ2n) is 5.04. The molecule has 10 heteroatoms. The Morgan fingerprint density at radius 1 is 0.885 bits per heavy atom. The van der Waals surface area contributed by atoms with Crippen molar-refractivity contribution in [3.63, 3.8) is 0 Å². The maximum atomic E-state index is 12.9.